The molecule has 0 aliphatic carbocycles. The Morgan fingerprint density at radius 1 is 1.29 bits per heavy atom. The number of rotatable bonds is 5. The Kier molecular flexibility index (Phi) is 4.33. The van der Waals surface area contributed by atoms with Crippen LogP contribution < -0.4 is 5.32 Å². The first-order chi connectivity index (χ1) is 8.24. The van der Waals surface area contributed by atoms with E-state index < -0.39 is 0 Å². The third-order valence-electron chi connectivity index (χ3n) is 2.04. The first-order valence-corrected chi connectivity index (χ1v) is 7.04. The van der Waals surface area contributed by atoms with Crippen molar-refractivity contribution < 1.29 is 0 Å². The predicted molar refractivity (Wildman–Crippen MR) is 72.5 cm³/mol. The highest BCUT2D eigenvalue weighted by Crippen LogP contribution is 2.23. The van der Waals surface area contributed by atoms with Crippen molar-refractivity contribution >= 4 is 28.4 Å². The SMILES string of the molecule is CC(C)Sc1ccc(CNc2nnns2)cc1. The number of nitrogens with zero attached hydrogens (tertiary/aromatic N) is 3. The molecule has 0 unspecified atom stereocenters. The highest BCUT2D eigenvalue weighted by Gasteiger charge is 2.00. The van der Waals surface area contributed by atoms with Crippen molar-refractivity contribution in [1.82, 2.24) is 14.8 Å². The molecule has 0 aliphatic heterocycles. The third-order valence-corrected chi connectivity index (χ3v) is 3.61. The third kappa shape index (κ3) is 3.98. The molecule has 0 atom stereocenters. The van der Waals surface area contributed by atoms with E-state index in [1.165, 1.54) is 22.0 Å². The summed E-state index contributed by atoms with van der Waals surface area (Å²) in [5, 5.41) is 11.9. The van der Waals surface area contributed by atoms with Crippen LogP contribution in [-0.4, -0.2) is 20.1 Å². The number of nitrogens with one attached hydrogen (secondary N) is 1. The van der Waals surface area contributed by atoms with E-state index >= 15 is 0 Å². The van der Waals surface area contributed by atoms with Crippen LogP contribution >= 0.6 is 23.3 Å². The summed E-state index contributed by atoms with van der Waals surface area (Å²) in [4.78, 5) is 1.31. The number of benzene rings is 1. The Morgan fingerprint density at radius 3 is 2.65 bits per heavy atom. The van der Waals surface area contributed by atoms with Crippen LogP contribution in [0.15, 0.2) is 29.2 Å². The molecule has 0 saturated heterocycles. The van der Waals surface area contributed by atoms with Crippen molar-refractivity contribution in [3.05, 3.63) is 29.8 Å². The predicted octanol–water partition coefficient (Wildman–Crippen LogP) is 3.05. The molecule has 0 spiro atoms. The van der Waals surface area contributed by atoms with Gasteiger partial charge in [-0.25, -0.2) is 0 Å². The average Bonchev–Trinajstić information content (AvgIpc) is 2.80. The van der Waals surface area contributed by atoms with Crippen LogP contribution in [0.25, 0.3) is 0 Å². The normalized spacial score (nSPS) is 10.8. The zero-order valence-electron chi connectivity index (χ0n) is 9.75. The minimum atomic E-state index is 0.617. The molecular formula is C11H14N4S2. The fourth-order valence-corrected chi connectivity index (χ4v) is 2.54. The number of aromatic nitrogens is 3. The van der Waals surface area contributed by atoms with Crippen molar-refractivity contribution in [1.29, 1.82) is 0 Å². The number of anilines is 1. The van der Waals surface area contributed by atoms with E-state index in [-0.39, 0.29) is 0 Å². The maximum atomic E-state index is 3.83. The summed E-state index contributed by atoms with van der Waals surface area (Å²) in [6.07, 6.45) is 0. The molecule has 0 amide bonds. The van der Waals surface area contributed by atoms with Crippen LogP contribution in [0.2, 0.25) is 0 Å². The van der Waals surface area contributed by atoms with Crippen LogP contribution in [-0.2, 0) is 6.54 Å². The molecule has 0 aliphatic rings. The molecule has 2 rings (SSSR count). The van der Waals surface area contributed by atoms with Crippen molar-refractivity contribution in [3.8, 4) is 0 Å². The van der Waals surface area contributed by atoms with Crippen LogP contribution in [0, 0.1) is 0 Å². The van der Waals surface area contributed by atoms with E-state index in [1.807, 2.05) is 11.8 Å². The molecule has 1 N–H and O–H groups in total. The van der Waals surface area contributed by atoms with E-state index in [1.54, 1.807) is 0 Å². The van der Waals surface area contributed by atoms with Gasteiger partial charge < -0.3 is 5.32 Å². The van der Waals surface area contributed by atoms with E-state index in [2.05, 4.69) is 58.2 Å². The Balaban J connectivity index is 1.89. The monoisotopic (exact) mass is 266 g/mol. The summed E-state index contributed by atoms with van der Waals surface area (Å²) in [5.74, 6) is 0. The lowest BCUT2D eigenvalue weighted by atomic mass is 10.2. The van der Waals surface area contributed by atoms with E-state index in [9.17, 15) is 0 Å². The fourth-order valence-electron chi connectivity index (χ4n) is 1.34. The maximum absolute atomic E-state index is 3.83. The molecule has 6 heteroatoms. The fraction of sp³-hybridized carbons (Fsp3) is 0.364. The van der Waals surface area contributed by atoms with Gasteiger partial charge in [0.2, 0.25) is 5.13 Å². The zero-order valence-corrected chi connectivity index (χ0v) is 11.4. The van der Waals surface area contributed by atoms with Crippen molar-refractivity contribution in [2.24, 2.45) is 0 Å². The number of thioether (sulfide) groups is 1. The van der Waals surface area contributed by atoms with E-state index in [0.717, 1.165) is 11.7 Å². The highest BCUT2D eigenvalue weighted by atomic mass is 32.2. The van der Waals surface area contributed by atoms with Crippen molar-refractivity contribution in [2.45, 2.75) is 30.5 Å². The summed E-state index contributed by atoms with van der Waals surface area (Å²) in [6.45, 7) is 5.15. The summed E-state index contributed by atoms with van der Waals surface area (Å²) in [5.41, 5.74) is 1.23. The largest absolute Gasteiger partial charge is 0.355 e. The average molecular weight is 266 g/mol. The van der Waals surface area contributed by atoms with Crippen molar-refractivity contribution in [3.63, 3.8) is 0 Å². The Hall–Kier alpha value is -1.14. The zero-order chi connectivity index (χ0) is 12.1. The van der Waals surface area contributed by atoms with Crippen molar-refractivity contribution in [2.75, 3.05) is 5.32 Å². The van der Waals surface area contributed by atoms with Gasteiger partial charge in [0.25, 0.3) is 0 Å². The lowest BCUT2D eigenvalue weighted by Gasteiger charge is -2.06. The number of hydrogen-bond donors (Lipinski definition) is 1. The second-order valence-corrected chi connectivity index (χ2v) is 6.21. The molecule has 0 radical (unpaired) electrons. The lowest BCUT2D eigenvalue weighted by Crippen LogP contribution is -1.98. The quantitative estimate of drug-likeness (QED) is 0.843. The smallest absolute Gasteiger partial charge is 0.225 e. The second kappa shape index (κ2) is 5.97. The maximum Gasteiger partial charge on any atom is 0.225 e. The summed E-state index contributed by atoms with van der Waals surface area (Å²) < 4.78 is 3.70. The Bertz CT molecular complexity index is 439. The molecule has 17 heavy (non-hydrogen) atoms. The number of hydrogen-bond acceptors (Lipinski definition) is 6. The van der Waals surface area contributed by atoms with Gasteiger partial charge in [0.05, 0.1) is 0 Å². The van der Waals surface area contributed by atoms with Crippen LogP contribution in [0.3, 0.4) is 0 Å². The lowest BCUT2D eigenvalue weighted by molar-refractivity contribution is 0.950. The molecule has 2 aromatic rings. The van der Waals surface area contributed by atoms with Gasteiger partial charge in [-0.3, -0.25) is 0 Å². The van der Waals surface area contributed by atoms with E-state index in [0.29, 0.717) is 5.25 Å². The minimum Gasteiger partial charge on any atom is -0.355 e. The molecule has 90 valence electrons. The molecule has 1 heterocycles. The molecule has 0 saturated carbocycles. The van der Waals surface area contributed by atoms with Gasteiger partial charge in [0, 0.05) is 28.2 Å². The summed E-state index contributed by atoms with van der Waals surface area (Å²) >= 11 is 3.14. The summed E-state index contributed by atoms with van der Waals surface area (Å²) in [7, 11) is 0. The molecular weight excluding hydrogens is 252 g/mol. The van der Waals surface area contributed by atoms with Gasteiger partial charge in [-0.05, 0) is 22.9 Å². The molecule has 0 fully saturated rings. The van der Waals surface area contributed by atoms with Gasteiger partial charge in [-0.2, -0.15) is 0 Å². The van der Waals surface area contributed by atoms with Crippen LogP contribution in [0.1, 0.15) is 19.4 Å². The Labute approximate surface area is 109 Å². The summed E-state index contributed by atoms with van der Waals surface area (Å²) in [6, 6.07) is 8.57. The topological polar surface area (TPSA) is 50.7 Å². The first-order valence-electron chi connectivity index (χ1n) is 5.38. The van der Waals surface area contributed by atoms with Gasteiger partial charge >= 0.3 is 0 Å². The second-order valence-electron chi connectivity index (χ2n) is 3.83. The van der Waals surface area contributed by atoms with Gasteiger partial charge in [-0.15, -0.1) is 11.8 Å². The Morgan fingerprint density at radius 2 is 2.06 bits per heavy atom. The highest BCUT2D eigenvalue weighted by molar-refractivity contribution is 7.99. The standard InChI is InChI=1S/C11H14N4S2/c1-8(2)16-10-5-3-9(4-6-10)7-12-11-13-14-15-17-11/h3-6,8H,7H2,1-2H3,(H,12,13,15). The molecule has 4 nitrogen and oxygen atoms in total. The molecule has 1 aromatic carbocycles. The van der Waals surface area contributed by atoms with Gasteiger partial charge in [0.15, 0.2) is 0 Å². The molecule has 0 bridgehead atoms. The van der Waals surface area contributed by atoms with Crippen LogP contribution in [0.5, 0.6) is 0 Å². The van der Waals surface area contributed by atoms with Gasteiger partial charge in [-0.1, -0.05) is 35.6 Å². The van der Waals surface area contributed by atoms with E-state index in [4.69, 9.17) is 0 Å². The first kappa shape index (κ1) is 12.3. The minimum absolute atomic E-state index is 0.617. The molecule has 1 aromatic heterocycles. The van der Waals surface area contributed by atoms with Crippen LogP contribution in [0.4, 0.5) is 5.13 Å². The van der Waals surface area contributed by atoms with Gasteiger partial charge in [0.1, 0.15) is 0 Å².